The summed E-state index contributed by atoms with van der Waals surface area (Å²) in [6.07, 6.45) is 2.73. The molecule has 2 aromatic carbocycles. The van der Waals surface area contributed by atoms with E-state index >= 15 is 0 Å². The van der Waals surface area contributed by atoms with Crippen molar-refractivity contribution in [2.24, 2.45) is 0 Å². The van der Waals surface area contributed by atoms with Crippen LogP contribution >= 0.6 is 15.9 Å². The number of hydrogen-bond acceptors (Lipinski definition) is 5. The average molecular weight is 423 g/mol. The Morgan fingerprint density at radius 3 is 2.15 bits per heavy atom. The van der Waals surface area contributed by atoms with Crippen LogP contribution in [0.2, 0.25) is 0 Å². The SMILES string of the molecule is O=C(Nc1cccc(Br)c1)c1ccc(N2C(=O)c3nccnc3C2=O)cc1. The average Bonchev–Trinajstić information content (AvgIpc) is 2.93. The molecule has 0 spiro atoms. The van der Waals surface area contributed by atoms with Crippen LogP contribution in [0.3, 0.4) is 0 Å². The molecule has 0 saturated carbocycles. The molecule has 0 fully saturated rings. The maximum Gasteiger partial charge on any atom is 0.286 e. The normalized spacial score (nSPS) is 12.9. The maximum atomic E-state index is 12.4. The molecule has 0 saturated heterocycles. The molecule has 3 aromatic rings. The van der Waals surface area contributed by atoms with Gasteiger partial charge in [0.25, 0.3) is 17.7 Å². The number of carbonyl (C=O) groups is 3. The highest BCUT2D eigenvalue weighted by Crippen LogP contribution is 2.26. The van der Waals surface area contributed by atoms with Gasteiger partial charge < -0.3 is 5.32 Å². The van der Waals surface area contributed by atoms with E-state index in [0.717, 1.165) is 9.37 Å². The second kappa shape index (κ2) is 6.73. The number of hydrogen-bond donors (Lipinski definition) is 1. The fourth-order valence-electron chi connectivity index (χ4n) is 2.72. The van der Waals surface area contributed by atoms with E-state index in [2.05, 4.69) is 31.2 Å². The highest BCUT2D eigenvalue weighted by Gasteiger charge is 2.39. The minimum absolute atomic E-state index is 0.0268. The zero-order chi connectivity index (χ0) is 19.0. The van der Waals surface area contributed by atoms with Crippen molar-refractivity contribution >= 4 is 45.0 Å². The molecule has 0 radical (unpaired) electrons. The second-order valence-corrected chi connectivity index (χ2v) is 6.63. The molecule has 0 aliphatic carbocycles. The smallest absolute Gasteiger partial charge is 0.286 e. The number of imide groups is 1. The molecule has 27 heavy (non-hydrogen) atoms. The van der Waals surface area contributed by atoms with E-state index in [0.29, 0.717) is 16.9 Å². The molecule has 2 heterocycles. The van der Waals surface area contributed by atoms with E-state index in [1.54, 1.807) is 24.3 Å². The molecular weight excluding hydrogens is 412 g/mol. The fourth-order valence-corrected chi connectivity index (χ4v) is 3.12. The predicted octanol–water partition coefficient (Wildman–Crippen LogP) is 3.29. The Kier molecular flexibility index (Phi) is 4.25. The number of benzene rings is 2. The van der Waals surface area contributed by atoms with Crippen LogP contribution in [0.5, 0.6) is 0 Å². The molecule has 0 atom stereocenters. The van der Waals surface area contributed by atoms with Gasteiger partial charge in [-0.2, -0.15) is 0 Å². The Bertz CT molecular complexity index is 1050. The van der Waals surface area contributed by atoms with Gasteiger partial charge in [0.1, 0.15) is 0 Å². The van der Waals surface area contributed by atoms with Gasteiger partial charge in [0.2, 0.25) is 0 Å². The first-order valence-corrected chi connectivity index (χ1v) is 8.70. The summed E-state index contributed by atoms with van der Waals surface area (Å²) in [5, 5.41) is 2.78. The van der Waals surface area contributed by atoms with Gasteiger partial charge in [-0.05, 0) is 42.5 Å². The topological polar surface area (TPSA) is 92.3 Å². The van der Waals surface area contributed by atoms with Crippen molar-refractivity contribution in [3.8, 4) is 0 Å². The number of nitrogens with one attached hydrogen (secondary N) is 1. The van der Waals surface area contributed by atoms with Gasteiger partial charge in [-0.25, -0.2) is 14.9 Å². The summed E-state index contributed by atoms with van der Waals surface area (Å²) in [6, 6.07) is 13.4. The molecule has 132 valence electrons. The third-order valence-electron chi connectivity index (χ3n) is 3.98. The van der Waals surface area contributed by atoms with Crippen molar-refractivity contribution in [1.82, 2.24) is 9.97 Å². The van der Waals surface area contributed by atoms with E-state index in [9.17, 15) is 14.4 Å². The first-order chi connectivity index (χ1) is 13.0. The quantitative estimate of drug-likeness (QED) is 0.653. The zero-order valence-electron chi connectivity index (χ0n) is 13.7. The van der Waals surface area contributed by atoms with E-state index in [1.807, 2.05) is 12.1 Å². The summed E-state index contributed by atoms with van der Waals surface area (Å²) in [7, 11) is 0. The van der Waals surface area contributed by atoms with E-state index in [-0.39, 0.29) is 17.3 Å². The number of rotatable bonds is 3. The predicted molar refractivity (Wildman–Crippen MR) is 102 cm³/mol. The highest BCUT2D eigenvalue weighted by molar-refractivity contribution is 9.10. The number of anilines is 2. The Morgan fingerprint density at radius 1 is 0.926 bits per heavy atom. The first-order valence-electron chi connectivity index (χ1n) is 7.91. The Labute approximate surface area is 162 Å². The number of aromatic nitrogens is 2. The Morgan fingerprint density at radius 2 is 1.56 bits per heavy atom. The summed E-state index contributed by atoms with van der Waals surface area (Å²) in [5.41, 5.74) is 1.45. The van der Waals surface area contributed by atoms with E-state index < -0.39 is 11.8 Å². The van der Waals surface area contributed by atoms with Crippen LogP contribution in [-0.2, 0) is 0 Å². The molecule has 1 aliphatic heterocycles. The molecule has 4 rings (SSSR count). The van der Waals surface area contributed by atoms with Crippen LogP contribution in [0.4, 0.5) is 11.4 Å². The van der Waals surface area contributed by atoms with Crippen LogP contribution in [0, 0.1) is 0 Å². The molecule has 8 heteroatoms. The number of amides is 3. The minimum atomic E-state index is -0.533. The lowest BCUT2D eigenvalue weighted by Gasteiger charge is -2.13. The Balaban J connectivity index is 1.55. The second-order valence-electron chi connectivity index (χ2n) is 5.71. The van der Waals surface area contributed by atoms with Gasteiger partial charge in [-0.1, -0.05) is 22.0 Å². The minimum Gasteiger partial charge on any atom is -0.322 e. The number of carbonyl (C=O) groups excluding carboxylic acids is 3. The molecule has 7 nitrogen and oxygen atoms in total. The number of fused-ring (bicyclic) bond motifs is 1. The summed E-state index contributed by atoms with van der Waals surface area (Å²) in [6.45, 7) is 0. The van der Waals surface area contributed by atoms with Gasteiger partial charge in [0.05, 0.1) is 5.69 Å². The summed E-state index contributed by atoms with van der Waals surface area (Å²) >= 11 is 3.35. The van der Waals surface area contributed by atoms with Gasteiger partial charge in [0, 0.05) is 28.1 Å². The van der Waals surface area contributed by atoms with Gasteiger partial charge in [-0.15, -0.1) is 0 Å². The van der Waals surface area contributed by atoms with Crippen molar-refractivity contribution in [3.05, 3.63) is 82.3 Å². The lowest BCUT2D eigenvalue weighted by Crippen LogP contribution is -2.29. The third kappa shape index (κ3) is 3.11. The number of nitrogens with zero attached hydrogens (tertiary/aromatic N) is 3. The molecular formula is C19H11BrN4O3. The summed E-state index contributed by atoms with van der Waals surface area (Å²) in [5.74, 6) is -1.37. The van der Waals surface area contributed by atoms with Gasteiger partial charge in [0.15, 0.2) is 11.4 Å². The number of halogens is 1. The largest absolute Gasteiger partial charge is 0.322 e. The van der Waals surface area contributed by atoms with Crippen LogP contribution < -0.4 is 10.2 Å². The molecule has 3 amide bonds. The van der Waals surface area contributed by atoms with Crippen LogP contribution in [-0.4, -0.2) is 27.7 Å². The zero-order valence-corrected chi connectivity index (χ0v) is 15.3. The molecule has 1 aliphatic rings. The first kappa shape index (κ1) is 17.0. The van der Waals surface area contributed by atoms with Crippen LogP contribution in [0.25, 0.3) is 0 Å². The van der Waals surface area contributed by atoms with Crippen molar-refractivity contribution in [2.45, 2.75) is 0 Å². The molecule has 1 N–H and O–H groups in total. The monoisotopic (exact) mass is 422 g/mol. The van der Waals surface area contributed by atoms with Crippen molar-refractivity contribution < 1.29 is 14.4 Å². The van der Waals surface area contributed by atoms with E-state index in [4.69, 9.17) is 0 Å². The lowest BCUT2D eigenvalue weighted by atomic mass is 10.1. The highest BCUT2D eigenvalue weighted by atomic mass is 79.9. The van der Waals surface area contributed by atoms with E-state index in [1.165, 1.54) is 24.5 Å². The van der Waals surface area contributed by atoms with Crippen molar-refractivity contribution in [3.63, 3.8) is 0 Å². The lowest BCUT2D eigenvalue weighted by molar-refractivity contribution is 0.0922. The van der Waals surface area contributed by atoms with Crippen LogP contribution in [0.15, 0.2) is 65.4 Å². The van der Waals surface area contributed by atoms with Gasteiger partial charge >= 0.3 is 0 Å². The van der Waals surface area contributed by atoms with Gasteiger partial charge in [-0.3, -0.25) is 14.4 Å². The standard InChI is InChI=1S/C19H11BrN4O3/c20-12-2-1-3-13(10-12)23-17(25)11-4-6-14(7-5-11)24-18(26)15-16(19(24)27)22-9-8-21-15/h1-10H,(H,23,25). The molecule has 0 unspecified atom stereocenters. The van der Waals surface area contributed by atoms with Crippen molar-refractivity contribution in [1.29, 1.82) is 0 Å². The van der Waals surface area contributed by atoms with Crippen molar-refractivity contribution in [2.75, 3.05) is 10.2 Å². The molecule has 1 aromatic heterocycles. The van der Waals surface area contributed by atoms with Crippen LogP contribution in [0.1, 0.15) is 31.3 Å². The summed E-state index contributed by atoms with van der Waals surface area (Å²) < 4.78 is 0.850. The Hall–Kier alpha value is -3.39. The summed E-state index contributed by atoms with van der Waals surface area (Å²) in [4.78, 5) is 46.1. The fraction of sp³-hybridized carbons (Fsp3) is 0. The maximum absolute atomic E-state index is 12.4. The third-order valence-corrected chi connectivity index (χ3v) is 4.47. The molecule has 0 bridgehead atoms.